The molecule has 1 N–H and O–H groups in total. The van der Waals surface area contributed by atoms with E-state index in [1.165, 1.54) is 22.5 Å². The van der Waals surface area contributed by atoms with E-state index < -0.39 is 0 Å². The molecule has 1 aliphatic carbocycles. The lowest BCUT2D eigenvalue weighted by Crippen LogP contribution is -2.39. The van der Waals surface area contributed by atoms with Gasteiger partial charge >= 0.3 is 12.0 Å². The highest BCUT2D eigenvalue weighted by Gasteiger charge is 2.27. The molecule has 200 valence electrons. The average Bonchev–Trinajstić information content (AvgIpc) is 3.44. The third-order valence-electron chi connectivity index (χ3n) is 6.81. The zero-order valence-electron chi connectivity index (χ0n) is 21.6. The summed E-state index contributed by atoms with van der Waals surface area (Å²) in [5, 5.41) is 4.10. The molecule has 9 nitrogen and oxygen atoms in total. The molecule has 0 radical (unpaired) electrons. The number of hydrogen-bond donors (Lipinski definition) is 1. The van der Waals surface area contributed by atoms with Crippen molar-refractivity contribution >= 4 is 58.9 Å². The van der Waals surface area contributed by atoms with Crippen LogP contribution in [-0.4, -0.2) is 53.9 Å². The lowest BCUT2D eigenvalue weighted by atomic mass is 9.97. The number of benzene rings is 2. The number of nitrogens with one attached hydrogen (secondary N) is 1. The number of rotatable bonds is 8. The minimum Gasteiger partial charge on any atom is -0.469 e. The highest BCUT2D eigenvalue weighted by molar-refractivity contribution is 6.42. The van der Waals surface area contributed by atoms with Crippen LogP contribution in [0.15, 0.2) is 36.4 Å². The van der Waals surface area contributed by atoms with E-state index in [9.17, 15) is 14.4 Å². The Kier molecular flexibility index (Phi) is 8.28. The summed E-state index contributed by atoms with van der Waals surface area (Å²) >= 11 is 12.1. The van der Waals surface area contributed by atoms with E-state index in [-0.39, 0.29) is 36.0 Å². The average molecular weight is 558 g/mol. The number of esters is 1. The lowest BCUT2D eigenvalue weighted by Gasteiger charge is -2.24. The number of anilines is 3. The molecule has 1 unspecified atom stereocenters. The Bertz CT molecular complexity index is 1390. The van der Waals surface area contributed by atoms with Crippen LogP contribution < -0.4 is 10.2 Å². The molecule has 0 aliphatic heterocycles. The summed E-state index contributed by atoms with van der Waals surface area (Å²) in [6.07, 6.45) is 2.79. The van der Waals surface area contributed by atoms with Gasteiger partial charge in [-0.15, -0.1) is 0 Å². The van der Waals surface area contributed by atoms with E-state index in [4.69, 9.17) is 27.9 Å². The third-order valence-corrected chi connectivity index (χ3v) is 7.55. The molecule has 0 bridgehead atoms. The van der Waals surface area contributed by atoms with E-state index in [1.807, 2.05) is 18.2 Å². The number of fused-ring (bicyclic) bond motifs is 1. The number of amides is 2. The van der Waals surface area contributed by atoms with Crippen LogP contribution in [0.4, 0.5) is 22.2 Å². The van der Waals surface area contributed by atoms with Gasteiger partial charge in [-0.2, -0.15) is 4.98 Å². The van der Waals surface area contributed by atoms with Gasteiger partial charge in [-0.25, -0.2) is 4.79 Å². The lowest BCUT2D eigenvalue weighted by molar-refractivity contribution is -0.141. The van der Waals surface area contributed by atoms with E-state index in [0.29, 0.717) is 28.7 Å². The molecule has 1 atom stereocenters. The number of hydrogen-bond acceptors (Lipinski definition) is 6. The van der Waals surface area contributed by atoms with E-state index in [1.54, 1.807) is 43.9 Å². The summed E-state index contributed by atoms with van der Waals surface area (Å²) in [7, 11) is 6.32. The predicted octanol–water partition coefficient (Wildman–Crippen LogP) is 5.56. The first kappa shape index (κ1) is 27.5. The van der Waals surface area contributed by atoms with Gasteiger partial charge in [-0.3, -0.25) is 14.5 Å². The summed E-state index contributed by atoms with van der Waals surface area (Å²) in [5.41, 5.74) is 4.12. The van der Waals surface area contributed by atoms with Crippen molar-refractivity contribution in [3.05, 3.63) is 68.8 Å². The number of halogens is 2. The second-order valence-corrected chi connectivity index (χ2v) is 10.1. The van der Waals surface area contributed by atoms with Crippen molar-refractivity contribution in [1.29, 1.82) is 0 Å². The van der Waals surface area contributed by atoms with Crippen molar-refractivity contribution in [1.82, 2.24) is 14.5 Å². The van der Waals surface area contributed by atoms with Crippen LogP contribution in [0.1, 0.15) is 45.9 Å². The van der Waals surface area contributed by atoms with E-state index in [2.05, 4.69) is 10.3 Å². The van der Waals surface area contributed by atoms with Crippen LogP contribution in [0.5, 0.6) is 0 Å². The summed E-state index contributed by atoms with van der Waals surface area (Å²) in [4.78, 5) is 44.4. The van der Waals surface area contributed by atoms with Crippen molar-refractivity contribution in [2.75, 3.05) is 31.4 Å². The largest absolute Gasteiger partial charge is 0.469 e. The molecule has 0 fully saturated rings. The molecule has 38 heavy (non-hydrogen) atoms. The molecule has 4 rings (SSSR count). The first-order chi connectivity index (χ1) is 18.1. The third kappa shape index (κ3) is 5.63. The molecule has 1 aliphatic rings. The van der Waals surface area contributed by atoms with Gasteiger partial charge in [0.15, 0.2) is 12.1 Å². The summed E-state index contributed by atoms with van der Waals surface area (Å²) < 4.78 is 6.45. The van der Waals surface area contributed by atoms with Crippen LogP contribution in [-0.2, 0) is 29.5 Å². The Morgan fingerprint density at radius 3 is 2.63 bits per heavy atom. The van der Waals surface area contributed by atoms with Crippen LogP contribution in [0, 0.1) is 0 Å². The van der Waals surface area contributed by atoms with E-state index >= 15 is 0 Å². The van der Waals surface area contributed by atoms with Crippen LogP contribution >= 0.6 is 23.2 Å². The molecule has 0 saturated heterocycles. The molecule has 0 saturated carbocycles. The number of carbonyl (C=O) groups excluding carboxylic acids is 3. The van der Waals surface area contributed by atoms with Gasteiger partial charge in [-0.1, -0.05) is 35.3 Å². The maximum absolute atomic E-state index is 13.2. The normalized spacial score (nSPS) is 14.1. The smallest absolute Gasteiger partial charge is 0.325 e. The summed E-state index contributed by atoms with van der Waals surface area (Å²) in [6.45, 7) is 0.288. The first-order valence-corrected chi connectivity index (χ1v) is 12.8. The van der Waals surface area contributed by atoms with Gasteiger partial charge in [0.25, 0.3) is 0 Å². The fourth-order valence-corrected chi connectivity index (χ4v) is 5.03. The fourth-order valence-electron chi connectivity index (χ4n) is 4.70. The number of imidazole rings is 1. The van der Waals surface area contributed by atoms with Crippen molar-refractivity contribution < 1.29 is 19.1 Å². The Morgan fingerprint density at radius 2 is 1.95 bits per heavy atom. The number of nitrogens with zero attached hydrogens (tertiary/aromatic N) is 4. The highest BCUT2D eigenvalue weighted by atomic mass is 35.5. The molecule has 1 heterocycles. The predicted molar refractivity (Wildman–Crippen MR) is 148 cm³/mol. The molecule has 3 aromatic rings. The number of aromatic nitrogens is 2. The Balaban J connectivity index is 1.53. The number of urea groups is 1. The highest BCUT2D eigenvalue weighted by Crippen LogP contribution is 2.38. The monoisotopic (exact) mass is 557 g/mol. The first-order valence-electron chi connectivity index (χ1n) is 12.0. The van der Waals surface area contributed by atoms with Gasteiger partial charge < -0.3 is 19.5 Å². The van der Waals surface area contributed by atoms with Crippen molar-refractivity contribution in [3.8, 4) is 0 Å². The number of aryl methyl sites for hydroxylation is 1. The summed E-state index contributed by atoms with van der Waals surface area (Å²) in [5.74, 6) is 0.482. The SMILES string of the molecule is COC(=O)CC1CCc2ccc(Nc3nc(N(C)C(=O)N(C)Cc4ccc(Cl)c(Cl)c4)c(C=O)n3C)cc21. The standard InChI is InChI=1S/C27H29Cl2N5O4/c1-32(14-16-5-10-21(28)22(29)11-16)27(37)34(3)25-23(15-35)33(2)26(31-25)30-19-9-8-17-6-7-18(20(17)13-19)12-24(36)38-4/h5,8-11,13,15,18H,6-7,12,14H2,1-4H3,(H,30,31). The number of ether oxygens (including phenoxy) is 1. The molecule has 2 aromatic carbocycles. The van der Waals surface area contributed by atoms with Crippen LogP contribution in [0.3, 0.4) is 0 Å². The summed E-state index contributed by atoms with van der Waals surface area (Å²) in [6, 6.07) is 10.8. The topological polar surface area (TPSA) is 96.8 Å². The van der Waals surface area contributed by atoms with Crippen LogP contribution in [0.25, 0.3) is 0 Å². The minimum absolute atomic E-state index is 0.0940. The molecule has 11 heteroatoms. The van der Waals surface area contributed by atoms with Crippen LogP contribution in [0.2, 0.25) is 10.0 Å². The van der Waals surface area contributed by atoms with Crippen molar-refractivity contribution in [3.63, 3.8) is 0 Å². The number of aldehydes is 1. The van der Waals surface area contributed by atoms with Gasteiger partial charge in [0.2, 0.25) is 5.95 Å². The Hall–Kier alpha value is -3.56. The number of methoxy groups -OCH3 is 1. The molecular weight excluding hydrogens is 529 g/mol. The minimum atomic E-state index is -0.355. The fraction of sp³-hybridized carbons (Fsp3) is 0.333. The Labute approximate surface area is 231 Å². The zero-order valence-corrected chi connectivity index (χ0v) is 23.1. The molecule has 2 amide bonds. The molecule has 0 spiro atoms. The molecule has 1 aromatic heterocycles. The maximum Gasteiger partial charge on any atom is 0.325 e. The zero-order chi connectivity index (χ0) is 27.6. The van der Waals surface area contributed by atoms with Gasteiger partial charge in [-0.05, 0) is 59.7 Å². The van der Waals surface area contributed by atoms with Gasteiger partial charge in [0.1, 0.15) is 5.69 Å². The van der Waals surface area contributed by atoms with Gasteiger partial charge in [0, 0.05) is 33.4 Å². The second-order valence-electron chi connectivity index (χ2n) is 9.32. The van der Waals surface area contributed by atoms with E-state index in [0.717, 1.165) is 29.7 Å². The number of carbonyl (C=O) groups is 3. The maximum atomic E-state index is 13.2. The molecular formula is C27H29Cl2N5O4. The second kappa shape index (κ2) is 11.4. The van der Waals surface area contributed by atoms with Crippen molar-refractivity contribution in [2.24, 2.45) is 7.05 Å². The quantitative estimate of drug-likeness (QED) is 0.287. The van der Waals surface area contributed by atoms with Gasteiger partial charge in [0.05, 0.1) is 23.6 Å². The van der Waals surface area contributed by atoms with Crippen molar-refractivity contribution in [2.45, 2.75) is 31.7 Å². The Morgan fingerprint density at radius 1 is 1.18 bits per heavy atom.